The van der Waals surface area contributed by atoms with Crippen LogP contribution in [0.3, 0.4) is 0 Å². The van der Waals surface area contributed by atoms with Crippen molar-refractivity contribution in [2.75, 3.05) is 0 Å². The maximum atomic E-state index is 10.4. The first-order valence-corrected chi connectivity index (χ1v) is 7.17. The van der Waals surface area contributed by atoms with Crippen LogP contribution < -0.4 is 0 Å². The van der Waals surface area contributed by atoms with Crippen LogP contribution in [0.5, 0.6) is 0 Å². The number of aliphatic hydroxyl groups is 1. The number of hydrogen-bond donors (Lipinski definition) is 1. The lowest BCUT2D eigenvalue weighted by Gasteiger charge is -2.25. The van der Waals surface area contributed by atoms with Gasteiger partial charge in [-0.3, -0.25) is 0 Å². The van der Waals surface area contributed by atoms with Gasteiger partial charge in [-0.05, 0) is 19.4 Å². The van der Waals surface area contributed by atoms with Crippen LogP contribution in [0.1, 0.15) is 19.4 Å². The van der Waals surface area contributed by atoms with Gasteiger partial charge in [-0.15, -0.1) is 6.42 Å². The highest BCUT2D eigenvalue weighted by Gasteiger charge is 2.58. The molecule has 1 aromatic carbocycles. The lowest BCUT2D eigenvalue weighted by atomic mass is 10.0. The Labute approximate surface area is 125 Å². The predicted octanol–water partition coefficient (Wildman–Crippen LogP) is 1.72. The van der Waals surface area contributed by atoms with Crippen molar-refractivity contribution in [3.63, 3.8) is 0 Å². The van der Waals surface area contributed by atoms with Gasteiger partial charge in [0.05, 0.1) is 18.6 Å². The molecule has 4 nitrogen and oxygen atoms in total. The fraction of sp³-hybridized carbons (Fsp3) is 0.529. The Morgan fingerprint density at radius 1 is 1.24 bits per heavy atom. The smallest absolute Gasteiger partial charge is 0.163 e. The minimum atomic E-state index is -0.773. The molecule has 21 heavy (non-hydrogen) atoms. The summed E-state index contributed by atoms with van der Waals surface area (Å²) < 4.78 is 17.6. The molecule has 5 atom stereocenters. The lowest BCUT2D eigenvalue weighted by molar-refractivity contribution is -0.185. The number of fused-ring (bicyclic) bond motifs is 1. The van der Waals surface area contributed by atoms with Gasteiger partial charge in [0.25, 0.3) is 0 Å². The summed E-state index contributed by atoms with van der Waals surface area (Å²) in [6, 6.07) is 9.82. The Balaban J connectivity index is 1.73. The highest BCUT2D eigenvalue weighted by molar-refractivity contribution is 5.16. The first-order valence-electron chi connectivity index (χ1n) is 7.17. The number of hydrogen-bond acceptors (Lipinski definition) is 4. The molecule has 1 aliphatic heterocycles. The SMILES string of the molecule is C#C[C@H]1[C@H](O)[C@H](OCc2ccccc2)[C@H]2OC(C)(C)O[C@@H]12. The molecule has 0 unspecified atom stereocenters. The van der Waals surface area contributed by atoms with Crippen molar-refractivity contribution in [1.29, 1.82) is 0 Å². The first-order chi connectivity index (χ1) is 10.0. The van der Waals surface area contributed by atoms with Crippen molar-refractivity contribution in [2.45, 2.75) is 50.7 Å². The third kappa shape index (κ3) is 2.70. The minimum Gasteiger partial charge on any atom is -0.389 e. The molecule has 0 aromatic heterocycles. The molecule has 3 rings (SSSR count). The summed E-state index contributed by atoms with van der Waals surface area (Å²) in [7, 11) is 0. The molecular weight excluding hydrogens is 268 g/mol. The highest BCUT2D eigenvalue weighted by atomic mass is 16.8. The predicted molar refractivity (Wildman–Crippen MR) is 77.2 cm³/mol. The Bertz CT molecular complexity index is 533. The highest BCUT2D eigenvalue weighted by Crippen LogP contribution is 2.42. The third-order valence-corrected chi connectivity index (χ3v) is 4.02. The number of aliphatic hydroxyl groups excluding tert-OH is 1. The van der Waals surface area contributed by atoms with Gasteiger partial charge in [0.15, 0.2) is 5.79 Å². The molecule has 1 saturated carbocycles. The zero-order chi connectivity index (χ0) is 15.0. The molecule has 1 aliphatic carbocycles. The summed E-state index contributed by atoms with van der Waals surface area (Å²) in [5, 5.41) is 10.4. The molecule has 1 saturated heterocycles. The fourth-order valence-corrected chi connectivity index (χ4v) is 3.10. The van der Waals surface area contributed by atoms with Crippen LogP contribution in [0.2, 0.25) is 0 Å². The largest absolute Gasteiger partial charge is 0.389 e. The molecular formula is C17H20O4. The maximum Gasteiger partial charge on any atom is 0.163 e. The van der Waals surface area contributed by atoms with Crippen molar-refractivity contribution in [2.24, 2.45) is 5.92 Å². The van der Waals surface area contributed by atoms with Gasteiger partial charge in [0.1, 0.15) is 18.3 Å². The molecule has 2 aliphatic rings. The van der Waals surface area contributed by atoms with E-state index < -0.39 is 23.9 Å². The van der Waals surface area contributed by atoms with Crippen LogP contribution in [-0.4, -0.2) is 35.3 Å². The monoisotopic (exact) mass is 288 g/mol. The molecule has 1 aromatic rings. The summed E-state index contributed by atoms with van der Waals surface area (Å²) in [5.74, 6) is 1.52. The van der Waals surface area contributed by atoms with Crippen LogP contribution in [0.4, 0.5) is 0 Å². The Kier molecular flexibility index (Phi) is 3.76. The van der Waals surface area contributed by atoms with E-state index in [4.69, 9.17) is 20.6 Å². The average molecular weight is 288 g/mol. The minimum absolute atomic E-state index is 0.319. The Morgan fingerprint density at radius 2 is 1.90 bits per heavy atom. The normalized spacial score (nSPS) is 37.1. The summed E-state index contributed by atoms with van der Waals surface area (Å²) in [6.45, 7) is 4.10. The Morgan fingerprint density at radius 3 is 2.57 bits per heavy atom. The van der Waals surface area contributed by atoms with Crippen LogP contribution >= 0.6 is 0 Å². The number of benzene rings is 1. The molecule has 1 N–H and O–H groups in total. The maximum absolute atomic E-state index is 10.4. The molecule has 2 fully saturated rings. The van der Waals surface area contributed by atoms with Crippen molar-refractivity contribution in [3.05, 3.63) is 35.9 Å². The van der Waals surface area contributed by atoms with Crippen LogP contribution in [-0.2, 0) is 20.8 Å². The van der Waals surface area contributed by atoms with Gasteiger partial charge in [0, 0.05) is 0 Å². The van der Waals surface area contributed by atoms with Crippen molar-refractivity contribution >= 4 is 0 Å². The van der Waals surface area contributed by atoms with Gasteiger partial charge >= 0.3 is 0 Å². The quantitative estimate of drug-likeness (QED) is 0.860. The van der Waals surface area contributed by atoms with E-state index in [0.29, 0.717) is 6.61 Å². The van der Waals surface area contributed by atoms with Crippen molar-refractivity contribution in [1.82, 2.24) is 0 Å². The van der Waals surface area contributed by atoms with E-state index in [2.05, 4.69) is 5.92 Å². The summed E-state index contributed by atoms with van der Waals surface area (Å²) in [5.41, 5.74) is 1.04. The van der Waals surface area contributed by atoms with E-state index in [1.54, 1.807) is 0 Å². The van der Waals surface area contributed by atoms with Crippen molar-refractivity contribution in [3.8, 4) is 12.3 Å². The second-order valence-electron chi connectivity index (χ2n) is 6.01. The number of rotatable bonds is 3. The van der Waals surface area contributed by atoms with E-state index in [0.717, 1.165) is 5.56 Å². The lowest BCUT2D eigenvalue weighted by Crippen LogP contribution is -2.37. The van der Waals surface area contributed by atoms with Crippen LogP contribution in [0.25, 0.3) is 0 Å². The molecule has 0 radical (unpaired) electrons. The zero-order valence-electron chi connectivity index (χ0n) is 12.2. The zero-order valence-corrected chi connectivity index (χ0v) is 12.2. The summed E-state index contributed by atoms with van der Waals surface area (Å²) in [4.78, 5) is 0. The van der Waals surface area contributed by atoms with E-state index in [9.17, 15) is 5.11 Å². The second kappa shape index (κ2) is 5.43. The van der Waals surface area contributed by atoms with Crippen molar-refractivity contribution < 1.29 is 19.3 Å². The molecule has 0 bridgehead atoms. The second-order valence-corrected chi connectivity index (χ2v) is 6.01. The van der Waals surface area contributed by atoms with E-state index in [1.807, 2.05) is 44.2 Å². The molecule has 4 heteroatoms. The fourth-order valence-electron chi connectivity index (χ4n) is 3.10. The van der Waals surface area contributed by atoms with E-state index in [1.165, 1.54) is 0 Å². The average Bonchev–Trinajstić information content (AvgIpc) is 2.87. The Hall–Kier alpha value is -1.38. The van der Waals surface area contributed by atoms with Gasteiger partial charge < -0.3 is 19.3 Å². The standard InChI is InChI=1S/C17H20O4/c1-4-12-13(18)15(16-14(12)20-17(2,3)21-16)19-10-11-8-6-5-7-9-11/h1,5-9,12-16,18H,10H2,2-3H3/t12-,13-,14-,15-,16-/m0/s1. The van der Waals surface area contributed by atoms with Gasteiger partial charge in [-0.1, -0.05) is 36.3 Å². The van der Waals surface area contributed by atoms with Crippen LogP contribution in [0.15, 0.2) is 30.3 Å². The molecule has 112 valence electrons. The number of ether oxygens (including phenoxy) is 3. The van der Waals surface area contributed by atoms with E-state index >= 15 is 0 Å². The van der Waals surface area contributed by atoms with Gasteiger partial charge in [-0.2, -0.15) is 0 Å². The number of terminal acetylenes is 1. The summed E-state index contributed by atoms with van der Waals surface area (Å²) >= 11 is 0. The van der Waals surface area contributed by atoms with Crippen LogP contribution in [0, 0.1) is 18.3 Å². The van der Waals surface area contributed by atoms with Gasteiger partial charge in [-0.25, -0.2) is 0 Å². The third-order valence-electron chi connectivity index (χ3n) is 4.02. The van der Waals surface area contributed by atoms with E-state index in [-0.39, 0.29) is 12.2 Å². The molecule has 1 heterocycles. The topological polar surface area (TPSA) is 47.9 Å². The molecule has 0 spiro atoms. The first kappa shape index (κ1) is 14.6. The summed E-state index contributed by atoms with van der Waals surface area (Å²) in [6.07, 6.45) is 3.64. The molecule has 0 amide bonds. The van der Waals surface area contributed by atoms with Gasteiger partial charge in [0.2, 0.25) is 0 Å².